The average Bonchev–Trinajstić information content (AvgIpc) is 2.64. The minimum Gasteiger partial charge on any atom is -0.486 e. The number of nitrogens with one attached hydrogen (secondary N) is 1. The van der Waals surface area contributed by atoms with Gasteiger partial charge in [-0.15, -0.1) is 0 Å². The van der Waals surface area contributed by atoms with Crippen LogP contribution in [0.1, 0.15) is 16.1 Å². The fraction of sp³-hybridized carbons (Fsp3) is 0.250. The number of H-pyrrole nitrogens is 1. The van der Waals surface area contributed by atoms with Crippen LogP contribution in [0.5, 0.6) is 11.5 Å². The van der Waals surface area contributed by atoms with Crippen LogP contribution >= 0.6 is 0 Å². The normalized spacial score (nSPS) is 13.9. The monoisotopic (exact) mass is 233 g/mol. The Balaban J connectivity index is 2.27. The van der Waals surface area contributed by atoms with E-state index in [4.69, 9.17) is 14.6 Å². The summed E-state index contributed by atoms with van der Waals surface area (Å²) >= 11 is 0. The molecule has 88 valence electrons. The van der Waals surface area contributed by atoms with E-state index in [-0.39, 0.29) is 5.69 Å². The average molecular weight is 233 g/mol. The van der Waals surface area contributed by atoms with Gasteiger partial charge in [-0.05, 0) is 18.6 Å². The second-order valence-corrected chi connectivity index (χ2v) is 3.97. The van der Waals surface area contributed by atoms with Crippen molar-refractivity contribution in [1.82, 2.24) is 4.98 Å². The minimum absolute atomic E-state index is 0.211. The van der Waals surface area contributed by atoms with Crippen LogP contribution in [0, 0.1) is 6.92 Å². The third-order valence-electron chi connectivity index (χ3n) is 2.93. The van der Waals surface area contributed by atoms with Gasteiger partial charge < -0.3 is 19.6 Å². The standard InChI is InChI=1S/C12H11NO4/c1-6-7-4-9-10(17-3-2-16-9)5-8(7)13-11(6)12(14)15/h4-5,13H,2-3H2,1H3,(H,14,15). The molecule has 1 aromatic heterocycles. The number of aryl methyl sites for hydroxylation is 1. The number of fused-ring (bicyclic) bond motifs is 2. The predicted octanol–water partition coefficient (Wildman–Crippen LogP) is 1.95. The Kier molecular flexibility index (Phi) is 2.01. The summed E-state index contributed by atoms with van der Waals surface area (Å²) in [5, 5.41) is 9.89. The number of benzene rings is 1. The van der Waals surface area contributed by atoms with Crippen LogP contribution in [0.2, 0.25) is 0 Å². The molecule has 2 aromatic rings. The highest BCUT2D eigenvalue weighted by molar-refractivity contribution is 5.98. The molecule has 0 radical (unpaired) electrons. The van der Waals surface area contributed by atoms with Gasteiger partial charge in [0.05, 0.1) is 5.52 Å². The van der Waals surface area contributed by atoms with Gasteiger partial charge in [-0.25, -0.2) is 4.79 Å². The number of aromatic amines is 1. The number of aromatic carboxylic acids is 1. The van der Waals surface area contributed by atoms with Crippen LogP contribution < -0.4 is 9.47 Å². The number of hydrogen-bond acceptors (Lipinski definition) is 3. The van der Waals surface area contributed by atoms with Gasteiger partial charge in [-0.2, -0.15) is 0 Å². The molecule has 0 spiro atoms. The van der Waals surface area contributed by atoms with E-state index in [1.54, 1.807) is 13.0 Å². The highest BCUT2D eigenvalue weighted by Gasteiger charge is 2.18. The SMILES string of the molecule is Cc1c(C(=O)O)[nH]c2cc3c(cc12)OCCO3. The first-order valence-electron chi connectivity index (χ1n) is 5.32. The Bertz CT molecular complexity index is 614. The van der Waals surface area contributed by atoms with Gasteiger partial charge in [0.25, 0.3) is 0 Å². The topological polar surface area (TPSA) is 71.5 Å². The number of rotatable bonds is 1. The Morgan fingerprint density at radius 3 is 2.59 bits per heavy atom. The zero-order valence-electron chi connectivity index (χ0n) is 9.24. The molecule has 0 saturated carbocycles. The Hall–Kier alpha value is -2.17. The first-order chi connectivity index (χ1) is 8.16. The fourth-order valence-corrected chi connectivity index (χ4v) is 2.08. The molecule has 0 aliphatic carbocycles. The Morgan fingerprint density at radius 1 is 1.29 bits per heavy atom. The lowest BCUT2D eigenvalue weighted by Crippen LogP contribution is -2.15. The number of carbonyl (C=O) groups is 1. The zero-order chi connectivity index (χ0) is 12.0. The molecule has 2 N–H and O–H groups in total. The number of ether oxygens (including phenoxy) is 2. The second-order valence-electron chi connectivity index (χ2n) is 3.97. The van der Waals surface area contributed by atoms with Crippen molar-refractivity contribution in [3.05, 3.63) is 23.4 Å². The molecule has 5 nitrogen and oxygen atoms in total. The summed E-state index contributed by atoms with van der Waals surface area (Å²) in [6.07, 6.45) is 0. The van der Waals surface area contributed by atoms with Gasteiger partial charge in [-0.1, -0.05) is 0 Å². The second kappa shape index (κ2) is 3.41. The van der Waals surface area contributed by atoms with Gasteiger partial charge in [0.15, 0.2) is 11.5 Å². The largest absolute Gasteiger partial charge is 0.486 e. The lowest BCUT2D eigenvalue weighted by Gasteiger charge is -2.18. The molecule has 1 aliphatic rings. The van der Waals surface area contributed by atoms with Crippen LogP contribution in [0.3, 0.4) is 0 Å². The van der Waals surface area contributed by atoms with Crippen LogP contribution in [-0.4, -0.2) is 29.3 Å². The number of carboxylic acid groups (broad SMARTS) is 1. The Labute approximate surface area is 97.0 Å². The van der Waals surface area contributed by atoms with Gasteiger partial charge in [0.2, 0.25) is 0 Å². The lowest BCUT2D eigenvalue weighted by molar-refractivity contribution is 0.0691. The minimum atomic E-state index is -0.960. The molecule has 0 saturated heterocycles. The van der Waals surface area contributed by atoms with Crippen LogP contribution in [0.15, 0.2) is 12.1 Å². The molecule has 5 heteroatoms. The summed E-state index contributed by atoms with van der Waals surface area (Å²) in [6, 6.07) is 3.60. The molecule has 0 atom stereocenters. The highest BCUT2D eigenvalue weighted by Crippen LogP contribution is 2.36. The number of hydrogen-bond donors (Lipinski definition) is 2. The molecule has 3 rings (SSSR count). The summed E-state index contributed by atoms with van der Waals surface area (Å²) in [4.78, 5) is 13.9. The molecule has 0 bridgehead atoms. The highest BCUT2D eigenvalue weighted by atomic mass is 16.6. The quantitative estimate of drug-likeness (QED) is 0.789. The summed E-state index contributed by atoms with van der Waals surface area (Å²) in [7, 11) is 0. The lowest BCUT2D eigenvalue weighted by atomic mass is 10.1. The van der Waals surface area contributed by atoms with E-state index in [9.17, 15) is 4.79 Å². The van der Waals surface area contributed by atoms with Gasteiger partial charge in [0, 0.05) is 11.5 Å². The van der Waals surface area contributed by atoms with E-state index in [1.165, 1.54) is 0 Å². The van der Waals surface area contributed by atoms with Crippen molar-refractivity contribution in [2.45, 2.75) is 6.92 Å². The molecule has 1 aromatic carbocycles. The van der Waals surface area contributed by atoms with Crippen LogP contribution in [0.25, 0.3) is 10.9 Å². The molecule has 0 amide bonds. The van der Waals surface area contributed by atoms with E-state index in [2.05, 4.69) is 4.98 Å². The smallest absolute Gasteiger partial charge is 0.352 e. The van der Waals surface area contributed by atoms with E-state index in [1.807, 2.05) is 6.07 Å². The maximum absolute atomic E-state index is 11.0. The van der Waals surface area contributed by atoms with Gasteiger partial charge in [-0.3, -0.25) is 0 Å². The Morgan fingerprint density at radius 2 is 1.94 bits per heavy atom. The molecule has 0 unspecified atom stereocenters. The van der Waals surface area contributed by atoms with Crippen LogP contribution in [0.4, 0.5) is 0 Å². The van der Waals surface area contributed by atoms with Crippen molar-refractivity contribution in [1.29, 1.82) is 0 Å². The maximum Gasteiger partial charge on any atom is 0.352 e. The van der Waals surface area contributed by atoms with Crippen molar-refractivity contribution < 1.29 is 19.4 Å². The van der Waals surface area contributed by atoms with E-state index in [0.717, 1.165) is 10.9 Å². The van der Waals surface area contributed by atoms with Crippen molar-refractivity contribution >= 4 is 16.9 Å². The summed E-state index contributed by atoms with van der Waals surface area (Å²) in [5.74, 6) is 0.364. The summed E-state index contributed by atoms with van der Waals surface area (Å²) in [5.41, 5.74) is 1.68. The van der Waals surface area contributed by atoms with Crippen LogP contribution in [-0.2, 0) is 0 Å². The van der Waals surface area contributed by atoms with Crippen molar-refractivity contribution in [3.63, 3.8) is 0 Å². The molecule has 2 heterocycles. The molecular formula is C12H11NO4. The van der Waals surface area contributed by atoms with Crippen molar-refractivity contribution in [2.75, 3.05) is 13.2 Å². The van der Waals surface area contributed by atoms with Gasteiger partial charge >= 0.3 is 5.97 Å². The zero-order valence-corrected chi connectivity index (χ0v) is 9.24. The number of carboxylic acids is 1. The summed E-state index contributed by atoms with van der Waals surface area (Å²) < 4.78 is 10.9. The molecular weight excluding hydrogens is 222 g/mol. The predicted molar refractivity (Wildman–Crippen MR) is 61.0 cm³/mol. The molecule has 1 aliphatic heterocycles. The van der Waals surface area contributed by atoms with Gasteiger partial charge in [0.1, 0.15) is 18.9 Å². The third kappa shape index (κ3) is 1.43. The summed E-state index contributed by atoms with van der Waals surface area (Å²) in [6.45, 7) is 2.82. The van der Waals surface area contributed by atoms with Crippen molar-refractivity contribution in [3.8, 4) is 11.5 Å². The van der Waals surface area contributed by atoms with E-state index < -0.39 is 5.97 Å². The molecule has 17 heavy (non-hydrogen) atoms. The fourth-order valence-electron chi connectivity index (χ4n) is 2.08. The maximum atomic E-state index is 11.0. The van der Waals surface area contributed by atoms with E-state index in [0.29, 0.717) is 30.3 Å². The van der Waals surface area contributed by atoms with E-state index >= 15 is 0 Å². The number of aromatic nitrogens is 1. The first kappa shape index (κ1) is 10.0. The first-order valence-corrected chi connectivity index (χ1v) is 5.32. The van der Waals surface area contributed by atoms with Crippen molar-refractivity contribution in [2.24, 2.45) is 0 Å². The third-order valence-corrected chi connectivity index (χ3v) is 2.93. The molecule has 0 fully saturated rings.